The molecule has 0 aliphatic rings. The molecule has 0 aliphatic heterocycles. The summed E-state index contributed by atoms with van der Waals surface area (Å²) in [5.41, 5.74) is 7.45. The monoisotopic (exact) mass is 250 g/mol. The van der Waals surface area contributed by atoms with Crippen LogP contribution in [0.25, 0.3) is 11.1 Å². The summed E-state index contributed by atoms with van der Waals surface area (Å²) in [6, 6.07) is 1.78. The van der Waals surface area contributed by atoms with Gasteiger partial charge in [0.25, 0.3) is 0 Å². The molecular weight excluding hydrogens is 244 g/mol. The van der Waals surface area contributed by atoms with E-state index in [9.17, 15) is 0 Å². The number of pyridine rings is 1. The highest BCUT2D eigenvalue weighted by molar-refractivity contribution is 9.10. The lowest BCUT2D eigenvalue weighted by Crippen LogP contribution is -1.91. The Morgan fingerprint density at radius 1 is 1.14 bits per heavy atom. The molecule has 2 heterocycles. The second-order valence-corrected chi connectivity index (χ2v) is 3.57. The average Bonchev–Trinajstić information content (AvgIpc) is 2.23. The van der Waals surface area contributed by atoms with Crippen LogP contribution in [0.15, 0.2) is 35.5 Å². The molecule has 0 amide bonds. The normalized spacial score (nSPS) is 10.1. The number of hydrogen-bond acceptors (Lipinski definition) is 4. The number of nitrogen functional groups attached to an aromatic ring is 1. The zero-order valence-electron chi connectivity index (χ0n) is 7.18. The topological polar surface area (TPSA) is 64.7 Å². The first kappa shape index (κ1) is 9.08. The van der Waals surface area contributed by atoms with E-state index in [1.54, 1.807) is 24.7 Å². The molecule has 0 bridgehead atoms. The van der Waals surface area contributed by atoms with Gasteiger partial charge in [0, 0.05) is 34.2 Å². The van der Waals surface area contributed by atoms with Crippen molar-refractivity contribution >= 4 is 21.7 Å². The summed E-state index contributed by atoms with van der Waals surface area (Å²) >= 11 is 3.39. The molecule has 2 aromatic heterocycles. The standard InChI is InChI=1S/C9H7BrN4/c10-8-4-14-9(11)1-7(8)6-2-12-5-13-3-6/h1-5H,(H2,11,14). The van der Waals surface area contributed by atoms with Gasteiger partial charge in [0.2, 0.25) is 0 Å². The fraction of sp³-hybridized carbons (Fsp3) is 0. The van der Waals surface area contributed by atoms with Gasteiger partial charge in [-0.25, -0.2) is 15.0 Å². The Bertz CT molecular complexity index is 444. The third kappa shape index (κ3) is 1.72. The summed E-state index contributed by atoms with van der Waals surface area (Å²) < 4.78 is 0.876. The quantitative estimate of drug-likeness (QED) is 0.840. The fourth-order valence-electron chi connectivity index (χ4n) is 1.11. The van der Waals surface area contributed by atoms with Crippen molar-refractivity contribution in [3.63, 3.8) is 0 Å². The highest BCUT2D eigenvalue weighted by atomic mass is 79.9. The highest BCUT2D eigenvalue weighted by Gasteiger charge is 2.04. The summed E-state index contributed by atoms with van der Waals surface area (Å²) in [5, 5.41) is 0. The summed E-state index contributed by atoms with van der Waals surface area (Å²) in [7, 11) is 0. The van der Waals surface area contributed by atoms with Crippen LogP contribution in [0.5, 0.6) is 0 Å². The fourth-order valence-corrected chi connectivity index (χ4v) is 1.56. The van der Waals surface area contributed by atoms with E-state index in [2.05, 4.69) is 30.9 Å². The zero-order chi connectivity index (χ0) is 9.97. The summed E-state index contributed by atoms with van der Waals surface area (Å²) in [6.07, 6.45) is 6.61. The van der Waals surface area contributed by atoms with Crippen molar-refractivity contribution in [3.05, 3.63) is 35.5 Å². The number of anilines is 1. The second kappa shape index (κ2) is 3.71. The predicted octanol–water partition coefficient (Wildman–Crippen LogP) is 1.88. The number of hydrogen-bond donors (Lipinski definition) is 1. The summed E-state index contributed by atoms with van der Waals surface area (Å²) in [6.45, 7) is 0. The van der Waals surface area contributed by atoms with Gasteiger partial charge in [0.05, 0.1) is 0 Å². The van der Waals surface area contributed by atoms with Gasteiger partial charge in [-0.15, -0.1) is 0 Å². The molecule has 0 aliphatic carbocycles. The van der Waals surface area contributed by atoms with Crippen LogP contribution >= 0.6 is 15.9 Å². The SMILES string of the molecule is Nc1cc(-c2cncnc2)c(Br)cn1. The molecule has 0 aromatic carbocycles. The Morgan fingerprint density at radius 2 is 1.86 bits per heavy atom. The highest BCUT2D eigenvalue weighted by Crippen LogP contribution is 2.27. The van der Waals surface area contributed by atoms with Gasteiger partial charge in [0.15, 0.2) is 0 Å². The Hall–Kier alpha value is -1.49. The first-order valence-corrected chi connectivity index (χ1v) is 4.73. The Kier molecular flexibility index (Phi) is 2.41. The van der Waals surface area contributed by atoms with Crippen molar-refractivity contribution in [1.29, 1.82) is 0 Å². The number of rotatable bonds is 1. The molecule has 0 saturated carbocycles. The number of nitrogens with two attached hydrogens (primary N) is 1. The van der Waals surface area contributed by atoms with E-state index in [-0.39, 0.29) is 0 Å². The van der Waals surface area contributed by atoms with Gasteiger partial charge < -0.3 is 5.73 Å². The number of aromatic nitrogens is 3. The maximum atomic E-state index is 5.59. The van der Waals surface area contributed by atoms with Crippen molar-refractivity contribution in [2.75, 3.05) is 5.73 Å². The van der Waals surface area contributed by atoms with Crippen LogP contribution < -0.4 is 5.73 Å². The minimum absolute atomic E-state index is 0.479. The lowest BCUT2D eigenvalue weighted by molar-refractivity contribution is 1.17. The molecule has 5 heteroatoms. The Balaban J connectivity index is 2.57. The van der Waals surface area contributed by atoms with Gasteiger partial charge in [-0.05, 0) is 22.0 Å². The average molecular weight is 251 g/mol. The second-order valence-electron chi connectivity index (χ2n) is 2.72. The van der Waals surface area contributed by atoms with Gasteiger partial charge in [0.1, 0.15) is 12.1 Å². The predicted molar refractivity (Wildman–Crippen MR) is 57.4 cm³/mol. The van der Waals surface area contributed by atoms with Crippen LogP contribution in [0.2, 0.25) is 0 Å². The lowest BCUT2D eigenvalue weighted by Gasteiger charge is -2.03. The van der Waals surface area contributed by atoms with Gasteiger partial charge in [-0.2, -0.15) is 0 Å². The molecule has 4 nitrogen and oxygen atoms in total. The van der Waals surface area contributed by atoms with Crippen molar-refractivity contribution in [1.82, 2.24) is 15.0 Å². The first-order chi connectivity index (χ1) is 6.77. The third-order valence-electron chi connectivity index (χ3n) is 1.75. The molecule has 2 aromatic rings. The molecule has 2 rings (SSSR count). The lowest BCUT2D eigenvalue weighted by atomic mass is 10.1. The molecular formula is C9H7BrN4. The summed E-state index contributed by atoms with van der Waals surface area (Å²) in [5.74, 6) is 0.479. The molecule has 14 heavy (non-hydrogen) atoms. The van der Waals surface area contributed by atoms with Crippen molar-refractivity contribution in [3.8, 4) is 11.1 Å². The first-order valence-electron chi connectivity index (χ1n) is 3.94. The van der Waals surface area contributed by atoms with E-state index < -0.39 is 0 Å². The molecule has 70 valence electrons. The van der Waals surface area contributed by atoms with E-state index in [0.717, 1.165) is 15.6 Å². The van der Waals surface area contributed by atoms with Crippen LogP contribution in [-0.2, 0) is 0 Å². The molecule has 0 fully saturated rings. The molecule has 2 N–H and O–H groups in total. The van der Waals surface area contributed by atoms with Crippen LogP contribution in [0.4, 0.5) is 5.82 Å². The smallest absolute Gasteiger partial charge is 0.123 e. The molecule has 0 radical (unpaired) electrons. The Labute approximate surface area is 89.4 Å². The van der Waals surface area contributed by atoms with E-state index in [0.29, 0.717) is 5.82 Å². The zero-order valence-corrected chi connectivity index (χ0v) is 8.77. The van der Waals surface area contributed by atoms with Crippen molar-refractivity contribution in [2.45, 2.75) is 0 Å². The molecule has 0 saturated heterocycles. The van der Waals surface area contributed by atoms with E-state index in [1.807, 2.05) is 0 Å². The third-order valence-corrected chi connectivity index (χ3v) is 2.38. The van der Waals surface area contributed by atoms with Crippen LogP contribution in [0, 0.1) is 0 Å². The van der Waals surface area contributed by atoms with Crippen LogP contribution in [0.1, 0.15) is 0 Å². The summed E-state index contributed by atoms with van der Waals surface area (Å²) in [4.78, 5) is 11.8. The van der Waals surface area contributed by atoms with Crippen LogP contribution in [0.3, 0.4) is 0 Å². The largest absolute Gasteiger partial charge is 0.384 e. The molecule has 0 atom stereocenters. The maximum Gasteiger partial charge on any atom is 0.123 e. The van der Waals surface area contributed by atoms with Crippen molar-refractivity contribution in [2.24, 2.45) is 0 Å². The van der Waals surface area contributed by atoms with E-state index in [1.165, 1.54) is 6.33 Å². The number of nitrogens with zero attached hydrogens (tertiary/aromatic N) is 3. The van der Waals surface area contributed by atoms with Crippen molar-refractivity contribution < 1.29 is 0 Å². The van der Waals surface area contributed by atoms with E-state index in [4.69, 9.17) is 5.73 Å². The van der Waals surface area contributed by atoms with Gasteiger partial charge in [-0.1, -0.05) is 0 Å². The minimum Gasteiger partial charge on any atom is -0.384 e. The van der Waals surface area contributed by atoms with Gasteiger partial charge in [-0.3, -0.25) is 0 Å². The maximum absolute atomic E-state index is 5.59. The number of halogens is 1. The van der Waals surface area contributed by atoms with Gasteiger partial charge >= 0.3 is 0 Å². The molecule has 0 spiro atoms. The van der Waals surface area contributed by atoms with E-state index >= 15 is 0 Å². The van der Waals surface area contributed by atoms with Crippen LogP contribution in [-0.4, -0.2) is 15.0 Å². The molecule has 0 unspecified atom stereocenters. The minimum atomic E-state index is 0.479. The Morgan fingerprint density at radius 3 is 2.57 bits per heavy atom.